The summed E-state index contributed by atoms with van der Waals surface area (Å²) in [5, 5.41) is 6.45. The number of likely N-dealkylation sites (tertiary alicyclic amines) is 1. The van der Waals surface area contributed by atoms with Crippen molar-refractivity contribution in [3.8, 4) is 0 Å². The number of nitrogens with one attached hydrogen (secondary N) is 2. The molecule has 1 amide bonds. The molecule has 2 aliphatic rings. The molecule has 1 saturated heterocycles. The van der Waals surface area contributed by atoms with Crippen LogP contribution in [0.2, 0.25) is 0 Å². The molecule has 146 valence electrons. The van der Waals surface area contributed by atoms with Crippen molar-refractivity contribution in [2.75, 3.05) is 19.6 Å². The fraction of sp³-hybridized carbons (Fsp3) is 0.632. The molecule has 0 spiro atoms. The van der Waals surface area contributed by atoms with Gasteiger partial charge in [-0.1, -0.05) is 0 Å². The van der Waals surface area contributed by atoms with Gasteiger partial charge in [0.1, 0.15) is 5.60 Å². The molecular weight excluding hydrogens is 346 g/mol. The zero-order chi connectivity index (χ0) is 19.2. The van der Waals surface area contributed by atoms with E-state index in [1.807, 2.05) is 26.8 Å². The Labute approximate surface area is 157 Å². The van der Waals surface area contributed by atoms with Gasteiger partial charge in [0, 0.05) is 50.3 Å². The van der Waals surface area contributed by atoms with Crippen LogP contribution in [0, 0.1) is 0 Å². The van der Waals surface area contributed by atoms with Crippen LogP contribution < -0.4 is 10.9 Å². The minimum absolute atomic E-state index is 0.0340. The van der Waals surface area contributed by atoms with Crippen LogP contribution in [0.3, 0.4) is 0 Å². The standard InChI is InChI=1S/C19H27N5O3/c1-19(2,3)27-18(26)23-8-4-5-12(11-23)15-9-16-21-14-6-7-20-10-13(14)17(25)24(16)22-15/h9,12,20,22H,4-8,10-11H2,1-3H3/t12-/m1/s1. The van der Waals surface area contributed by atoms with Crippen molar-refractivity contribution in [2.24, 2.45) is 0 Å². The van der Waals surface area contributed by atoms with E-state index in [-0.39, 0.29) is 17.6 Å². The van der Waals surface area contributed by atoms with Crippen molar-refractivity contribution in [2.45, 2.75) is 58.1 Å². The topological polar surface area (TPSA) is 91.7 Å². The SMILES string of the molecule is CC(C)(C)OC(=O)N1CCC[C@@H](c2cc3nc4c(c(=O)n3[nH]2)CNCC4)C1. The van der Waals surface area contributed by atoms with Crippen molar-refractivity contribution in [3.05, 3.63) is 33.4 Å². The highest BCUT2D eigenvalue weighted by atomic mass is 16.6. The molecule has 2 aliphatic heterocycles. The van der Waals surface area contributed by atoms with Crippen LogP contribution in [0.4, 0.5) is 4.79 Å². The number of hydrogen-bond donors (Lipinski definition) is 2. The maximum absolute atomic E-state index is 12.8. The summed E-state index contributed by atoms with van der Waals surface area (Å²) in [6.07, 6.45) is 2.36. The molecule has 0 unspecified atom stereocenters. The highest BCUT2D eigenvalue weighted by Gasteiger charge is 2.29. The molecule has 8 nitrogen and oxygen atoms in total. The van der Waals surface area contributed by atoms with Gasteiger partial charge in [0.2, 0.25) is 0 Å². The van der Waals surface area contributed by atoms with E-state index in [0.717, 1.165) is 42.8 Å². The Hall–Kier alpha value is -2.35. The third-order valence-electron chi connectivity index (χ3n) is 5.17. The quantitative estimate of drug-likeness (QED) is 0.795. The summed E-state index contributed by atoms with van der Waals surface area (Å²) < 4.78 is 7.04. The summed E-state index contributed by atoms with van der Waals surface area (Å²) in [5.41, 5.74) is 2.70. The van der Waals surface area contributed by atoms with Crippen LogP contribution in [0.5, 0.6) is 0 Å². The van der Waals surface area contributed by atoms with Gasteiger partial charge in [0.05, 0.1) is 11.3 Å². The van der Waals surface area contributed by atoms with Gasteiger partial charge in [-0.25, -0.2) is 14.3 Å². The Morgan fingerprint density at radius 1 is 1.37 bits per heavy atom. The number of fused-ring (bicyclic) bond motifs is 2. The summed E-state index contributed by atoms with van der Waals surface area (Å²) in [5.74, 6) is 0.141. The van der Waals surface area contributed by atoms with Crippen LogP contribution in [-0.4, -0.2) is 50.8 Å². The number of aromatic nitrogens is 3. The Morgan fingerprint density at radius 2 is 2.19 bits per heavy atom. The van der Waals surface area contributed by atoms with Gasteiger partial charge in [-0.3, -0.25) is 9.89 Å². The molecule has 4 heterocycles. The molecule has 0 aromatic carbocycles. The lowest BCUT2D eigenvalue weighted by Gasteiger charge is -2.33. The van der Waals surface area contributed by atoms with E-state index < -0.39 is 5.60 Å². The molecule has 4 rings (SSSR count). The molecule has 0 saturated carbocycles. The third kappa shape index (κ3) is 3.58. The third-order valence-corrected chi connectivity index (χ3v) is 5.17. The second-order valence-corrected chi connectivity index (χ2v) is 8.44. The second kappa shape index (κ2) is 6.67. The van der Waals surface area contributed by atoms with Gasteiger partial charge < -0.3 is 15.0 Å². The molecule has 27 heavy (non-hydrogen) atoms. The highest BCUT2D eigenvalue weighted by Crippen LogP contribution is 2.27. The smallest absolute Gasteiger partial charge is 0.410 e. The van der Waals surface area contributed by atoms with Gasteiger partial charge >= 0.3 is 6.09 Å². The Bertz CT molecular complexity index is 924. The van der Waals surface area contributed by atoms with Crippen LogP contribution in [0.15, 0.2) is 10.9 Å². The van der Waals surface area contributed by atoms with Crippen LogP contribution in [0.1, 0.15) is 56.5 Å². The molecule has 8 heteroatoms. The van der Waals surface area contributed by atoms with E-state index in [2.05, 4.69) is 15.4 Å². The van der Waals surface area contributed by atoms with E-state index in [9.17, 15) is 9.59 Å². The van der Waals surface area contributed by atoms with Gasteiger partial charge in [-0.2, -0.15) is 0 Å². The number of rotatable bonds is 1. The van der Waals surface area contributed by atoms with Crippen molar-refractivity contribution in [1.29, 1.82) is 0 Å². The fourth-order valence-corrected chi connectivity index (χ4v) is 3.86. The monoisotopic (exact) mass is 373 g/mol. The Morgan fingerprint density at radius 3 is 2.96 bits per heavy atom. The number of nitrogens with zero attached hydrogens (tertiary/aromatic N) is 3. The van der Waals surface area contributed by atoms with E-state index in [4.69, 9.17) is 4.74 Å². The van der Waals surface area contributed by atoms with Crippen LogP contribution in [0.25, 0.3) is 5.65 Å². The molecular formula is C19H27N5O3. The summed E-state index contributed by atoms with van der Waals surface area (Å²) in [6, 6.07) is 1.95. The summed E-state index contributed by atoms with van der Waals surface area (Å²) in [4.78, 5) is 31.6. The molecule has 1 atom stereocenters. The molecule has 0 aliphatic carbocycles. The summed E-state index contributed by atoms with van der Waals surface area (Å²) in [6.45, 7) is 8.31. The molecule has 2 aromatic rings. The number of amides is 1. The lowest BCUT2D eigenvalue weighted by molar-refractivity contribution is 0.0197. The molecule has 1 fully saturated rings. The van der Waals surface area contributed by atoms with Crippen molar-refractivity contribution in [3.63, 3.8) is 0 Å². The number of aromatic amines is 1. The lowest BCUT2D eigenvalue weighted by atomic mass is 9.95. The molecule has 0 bridgehead atoms. The van der Waals surface area contributed by atoms with Gasteiger partial charge in [0.15, 0.2) is 5.65 Å². The predicted octanol–water partition coefficient (Wildman–Crippen LogP) is 1.78. The van der Waals surface area contributed by atoms with Crippen molar-refractivity contribution < 1.29 is 9.53 Å². The first-order valence-electron chi connectivity index (χ1n) is 9.64. The maximum atomic E-state index is 12.8. The van der Waals surface area contributed by atoms with E-state index in [0.29, 0.717) is 25.3 Å². The largest absolute Gasteiger partial charge is 0.444 e. The zero-order valence-corrected chi connectivity index (χ0v) is 16.2. The average Bonchev–Trinajstić information content (AvgIpc) is 3.05. The molecule has 2 aromatic heterocycles. The van der Waals surface area contributed by atoms with Crippen molar-refractivity contribution in [1.82, 2.24) is 24.8 Å². The van der Waals surface area contributed by atoms with Crippen LogP contribution in [-0.2, 0) is 17.7 Å². The number of hydrogen-bond acceptors (Lipinski definition) is 5. The Kier molecular flexibility index (Phi) is 4.46. The summed E-state index contributed by atoms with van der Waals surface area (Å²) >= 11 is 0. The van der Waals surface area contributed by atoms with E-state index >= 15 is 0 Å². The minimum atomic E-state index is -0.504. The first-order chi connectivity index (χ1) is 12.8. The maximum Gasteiger partial charge on any atom is 0.410 e. The van der Waals surface area contributed by atoms with E-state index in [1.54, 1.807) is 4.90 Å². The first kappa shape index (κ1) is 18.0. The van der Waals surface area contributed by atoms with Gasteiger partial charge in [-0.05, 0) is 33.6 Å². The lowest BCUT2D eigenvalue weighted by Crippen LogP contribution is -2.42. The van der Waals surface area contributed by atoms with Gasteiger partial charge in [-0.15, -0.1) is 0 Å². The number of carbonyl (C=O) groups excluding carboxylic acids is 1. The minimum Gasteiger partial charge on any atom is -0.444 e. The first-order valence-corrected chi connectivity index (χ1v) is 9.64. The highest BCUT2D eigenvalue weighted by molar-refractivity contribution is 5.68. The number of ether oxygens (including phenoxy) is 1. The van der Waals surface area contributed by atoms with Crippen LogP contribution >= 0.6 is 0 Å². The predicted molar refractivity (Wildman–Crippen MR) is 101 cm³/mol. The number of piperidine rings is 1. The van der Waals surface area contributed by atoms with E-state index in [1.165, 1.54) is 4.52 Å². The Balaban J connectivity index is 1.59. The number of H-pyrrole nitrogens is 1. The zero-order valence-electron chi connectivity index (χ0n) is 16.2. The summed E-state index contributed by atoms with van der Waals surface area (Å²) in [7, 11) is 0. The molecule has 2 N–H and O–H groups in total. The molecule has 0 radical (unpaired) electrons. The second-order valence-electron chi connectivity index (χ2n) is 8.44. The fourth-order valence-electron chi connectivity index (χ4n) is 3.86. The normalized spacial score (nSPS) is 20.6. The van der Waals surface area contributed by atoms with Crippen molar-refractivity contribution >= 4 is 11.7 Å². The van der Waals surface area contributed by atoms with Gasteiger partial charge in [0.25, 0.3) is 5.56 Å². The average molecular weight is 373 g/mol. The number of carbonyl (C=O) groups is 1.